The highest BCUT2D eigenvalue weighted by Crippen LogP contribution is 1.97. The summed E-state index contributed by atoms with van der Waals surface area (Å²) in [5.74, 6) is -0.225. The number of pyridine rings is 1. The second-order valence-corrected chi connectivity index (χ2v) is 4.23. The molecule has 1 amide bonds. The van der Waals surface area contributed by atoms with Crippen LogP contribution in [0.1, 0.15) is 29.8 Å². The highest BCUT2D eigenvalue weighted by atomic mass is 79.9. The van der Waals surface area contributed by atoms with Crippen LogP contribution in [-0.4, -0.2) is 22.8 Å². The molecular formula is C11H15BrN2O2. The van der Waals surface area contributed by atoms with Crippen LogP contribution in [0.25, 0.3) is 0 Å². The minimum Gasteiger partial charge on any atom is -0.351 e. The Bertz CT molecular complexity index is 390. The van der Waals surface area contributed by atoms with Crippen LogP contribution in [0.4, 0.5) is 0 Å². The second kappa shape index (κ2) is 7.22. The van der Waals surface area contributed by atoms with Gasteiger partial charge in [0.05, 0.1) is 0 Å². The molecule has 0 unspecified atom stereocenters. The van der Waals surface area contributed by atoms with Crippen LogP contribution in [0.15, 0.2) is 23.0 Å². The Morgan fingerprint density at radius 2 is 2.12 bits per heavy atom. The van der Waals surface area contributed by atoms with Crippen LogP contribution in [0.5, 0.6) is 0 Å². The van der Waals surface area contributed by atoms with Gasteiger partial charge in [-0.3, -0.25) is 9.59 Å². The normalized spacial score (nSPS) is 10.1. The minimum atomic E-state index is -0.257. The van der Waals surface area contributed by atoms with Crippen LogP contribution in [0.3, 0.4) is 0 Å². The van der Waals surface area contributed by atoms with E-state index in [1.165, 1.54) is 6.07 Å². The van der Waals surface area contributed by atoms with E-state index in [1.807, 2.05) is 0 Å². The summed E-state index contributed by atoms with van der Waals surface area (Å²) >= 11 is 3.35. The number of hydrogen-bond acceptors (Lipinski definition) is 2. The number of hydrogen-bond donors (Lipinski definition) is 2. The smallest absolute Gasteiger partial charge is 0.267 e. The molecule has 0 saturated carbocycles. The van der Waals surface area contributed by atoms with Crippen molar-refractivity contribution in [3.8, 4) is 0 Å². The van der Waals surface area contributed by atoms with Gasteiger partial charge in [0.15, 0.2) is 0 Å². The van der Waals surface area contributed by atoms with Gasteiger partial charge >= 0.3 is 0 Å². The fraction of sp³-hybridized carbons (Fsp3) is 0.455. The first kappa shape index (κ1) is 13.0. The van der Waals surface area contributed by atoms with E-state index in [0.717, 1.165) is 24.6 Å². The van der Waals surface area contributed by atoms with E-state index in [1.54, 1.807) is 12.1 Å². The number of carbonyl (C=O) groups is 1. The molecule has 0 aliphatic carbocycles. The molecule has 4 nitrogen and oxygen atoms in total. The molecule has 0 bridgehead atoms. The van der Waals surface area contributed by atoms with Crippen molar-refractivity contribution < 1.29 is 4.79 Å². The Morgan fingerprint density at radius 1 is 1.31 bits per heavy atom. The molecule has 0 fully saturated rings. The van der Waals surface area contributed by atoms with E-state index in [-0.39, 0.29) is 11.5 Å². The van der Waals surface area contributed by atoms with Gasteiger partial charge in [0, 0.05) is 17.9 Å². The lowest BCUT2D eigenvalue weighted by Crippen LogP contribution is -2.27. The SMILES string of the molecule is O=C(NCCCCCBr)c1cccc(=O)[nH]1. The van der Waals surface area contributed by atoms with Crippen LogP contribution < -0.4 is 10.9 Å². The van der Waals surface area contributed by atoms with Gasteiger partial charge in [-0.15, -0.1) is 0 Å². The first-order chi connectivity index (χ1) is 7.74. The summed E-state index contributed by atoms with van der Waals surface area (Å²) in [7, 11) is 0. The Kier molecular flexibility index (Phi) is 5.85. The molecular weight excluding hydrogens is 272 g/mol. The van der Waals surface area contributed by atoms with E-state index < -0.39 is 0 Å². The molecule has 0 aliphatic heterocycles. The van der Waals surface area contributed by atoms with E-state index >= 15 is 0 Å². The van der Waals surface area contributed by atoms with Gasteiger partial charge in [-0.1, -0.05) is 28.4 Å². The third kappa shape index (κ3) is 4.61. The third-order valence-corrected chi connectivity index (χ3v) is 2.67. The molecule has 1 aromatic heterocycles. The number of carbonyl (C=O) groups excluding carboxylic acids is 1. The predicted molar refractivity (Wildman–Crippen MR) is 67.0 cm³/mol. The summed E-state index contributed by atoms with van der Waals surface area (Å²) in [6.07, 6.45) is 3.14. The van der Waals surface area contributed by atoms with Gasteiger partial charge in [-0.25, -0.2) is 0 Å². The van der Waals surface area contributed by atoms with Crippen LogP contribution in [-0.2, 0) is 0 Å². The van der Waals surface area contributed by atoms with Crippen molar-refractivity contribution in [2.24, 2.45) is 0 Å². The fourth-order valence-electron chi connectivity index (χ4n) is 1.27. The third-order valence-electron chi connectivity index (χ3n) is 2.11. The molecule has 1 rings (SSSR count). The number of nitrogens with one attached hydrogen (secondary N) is 2. The summed E-state index contributed by atoms with van der Waals surface area (Å²) in [6.45, 7) is 0.642. The Labute approximate surface area is 103 Å². The lowest BCUT2D eigenvalue weighted by atomic mass is 10.2. The van der Waals surface area contributed by atoms with Crippen molar-refractivity contribution in [1.82, 2.24) is 10.3 Å². The van der Waals surface area contributed by atoms with Crippen molar-refractivity contribution in [3.63, 3.8) is 0 Å². The molecule has 0 saturated heterocycles. The van der Waals surface area contributed by atoms with Crippen molar-refractivity contribution in [2.75, 3.05) is 11.9 Å². The standard InChI is InChI=1S/C11H15BrN2O2/c12-7-2-1-3-8-13-11(16)9-5-4-6-10(15)14-9/h4-6H,1-3,7-8H2,(H,13,16)(H,14,15). The molecule has 0 radical (unpaired) electrons. The van der Waals surface area contributed by atoms with E-state index in [2.05, 4.69) is 26.2 Å². The van der Waals surface area contributed by atoms with Crippen LogP contribution >= 0.6 is 15.9 Å². The Morgan fingerprint density at radius 3 is 2.81 bits per heavy atom. The van der Waals surface area contributed by atoms with E-state index in [4.69, 9.17) is 0 Å². The van der Waals surface area contributed by atoms with Gasteiger partial charge in [-0.2, -0.15) is 0 Å². The summed E-state index contributed by atoms with van der Waals surface area (Å²) in [5.41, 5.74) is 0.0555. The quantitative estimate of drug-likeness (QED) is 0.617. The molecule has 1 aromatic rings. The van der Waals surface area contributed by atoms with Crippen molar-refractivity contribution >= 4 is 21.8 Å². The highest BCUT2D eigenvalue weighted by Gasteiger charge is 2.04. The number of alkyl halides is 1. The topological polar surface area (TPSA) is 62.0 Å². The lowest BCUT2D eigenvalue weighted by molar-refractivity contribution is 0.0948. The Hall–Kier alpha value is -1.10. The molecule has 5 heteroatoms. The largest absolute Gasteiger partial charge is 0.351 e. The molecule has 1 heterocycles. The van der Waals surface area contributed by atoms with Crippen LogP contribution in [0, 0.1) is 0 Å². The minimum absolute atomic E-state index is 0.225. The average Bonchev–Trinajstić information content (AvgIpc) is 2.28. The summed E-state index contributed by atoms with van der Waals surface area (Å²) in [6, 6.07) is 4.54. The first-order valence-electron chi connectivity index (χ1n) is 5.27. The number of unbranched alkanes of at least 4 members (excludes halogenated alkanes) is 2. The number of amides is 1. The summed E-state index contributed by atoms with van der Waals surface area (Å²) in [4.78, 5) is 25.0. The van der Waals surface area contributed by atoms with Crippen LogP contribution in [0.2, 0.25) is 0 Å². The second-order valence-electron chi connectivity index (χ2n) is 3.43. The number of aromatic amines is 1. The molecule has 0 atom stereocenters. The maximum absolute atomic E-state index is 11.5. The van der Waals surface area contributed by atoms with Gasteiger partial charge in [0.1, 0.15) is 5.69 Å². The predicted octanol–water partition coefficient (Wildman–Crippen LogP) is 1.67. The molecule has 16 heavy (non-hydrogen) atoms. The van der Waals surface area contributed by atoms with Gasteiger partial charge < -0.3 is 10.3 Å². The fourth-order valence-corrected chi connectivity index (χ4v) is 1.67. The molecule has 88 valence electrons. The van der Waals surface area contributed by atoms with Gasteiger partial charge in [-0.05, 0) is 18.9 Å². The van der Waals surface area contributed by atoms with Crippen molar-refractivity contribution in [1.29, 1.82) is 0 Å². The number of halogens is 1. The zero-order valence-corrected chi connectivity index (χ0v) is 10.5. The molecule has 0 aromatic carbocycles. The van der Waals surface area contributed by atoms with E-state index in [0.29, 0.717) is 12.2 Å². The first-order valence-corrected chi connectivity index (χ1v) is 6.39. The van der Waals surface area contributed by atoms with E-state index in [9.17, 15) is 9.59 Å². The van der Waals surface area contributed by atoms with Gasteiger partial charge in [0.25, 0.3) is 5.91 Å². The number of rotatable bonds is 6. The number of aromatic nitrogens is 1. The maximum atomic E-state index is 11.5. The molecule has 0 spiro atoms. The lowest BCUT2D eigenvalue weighted by Gasteiger charge is -2.04. The zero-order chi connectivity index (χ0) is 11.8. The number of H-pyrrole nitrogens is 1. The molecule has 0 aliphatic rings. The monoisotopic (exact) mass is 286 g/mol. The maximum Gasteiger partial charge on any atom is 0.267 e. The van der Waals surface area contributed by atoms with Crippen molar-refractivity contribution in [2.45, 2.75) is 19.3 Å². The zero-order valence-electron chi connectivity index (χ0n) is 8.96. The Balaban J connectivity index is 2.33. The van der Waals surface area contributed by atoms with Crippen molar-refractivity contribution in [3.05, 3.63) is 34.2 Å². The summed E-state index contributed by atoms with van der Waals surface area (Å²) < 4.78 is 0. The molecule has 2 N–H and O–H groups in total. The van der Waals surface area contributed by atoms with Gasteiger partial charge in [0.2, 0.25) is 5.56 Å². The summed E-state index contributed by atoms with van der Waals surface area (Å²) in [5, 5.41) is 3.75. The average molecular weight is 287 g/mol. The highest BCUT2D eigenvalue weighted by molar-refractivity contribution is 9.09.